The first-order chi connectivity index (χ1) is 15.5. The number of benzene rings is 3. The molecule has 1 amide bonds. The fourth-order valence-corrected chi connectivity index (χ4v) is 4.67. The minimum absolute atomic E-state index is 0.0185. The Labute approximate surface area is 194 Å². The Balaban J connectivity index is 1.35. The topological polar surface area (TPSA) is 43.8 Å². The van der Waals surface area contributed by atoms with Crippen molar-refractivity contribution in [1.82, 2.24) is 9.80 Å². The number of aliphatic hydroxyl groups excluding tert-OH is 1. The number of rotatable bonds is 6. The fraction of sp³-hybridized carbons (Fsp3) is 0.296. The third kappa shape index (κ3) is 5.23. The van der Waals surface area contributed by atoms with Crippen molar-refractivity contribution in [3.63, 3.8) is 0 Å². The van der Waals surface area contributed by atoms with Crippen molar-refractivity contribution in [3.05, 3.63) is 83.9 Å². The Hall–Kier alpha value is -2.60. The molecule has 0 spiro atoms. The van der Waals surface area contributed by atoms with E-state index >= 15 is 0 Å². The zero-order valence-corrected chi connectivity index (χ0v) is 19.5. The standard InChI is InChI=1S/C27H30N2O2S/c1-20(27(31)24-10-9-23-19-25(32-2)12-11-22(23)18-24)28-14-16-29(17-15-28)26(30)13-8-21-6-4-3-5-7-21/h3-13,18-20,27,31H,14-17H2,1-2H3/b13-8+. The van der Waals surface area contributed by atoms with Crippen LogP contribution in [0.1, 0.15) is 24.2 Å². The molecule has 1 N–H and O–H groups in total. The molecule has 3 aromatic rings. The Morgan fingerprint density at radius 2 is 1.66 bits per heavy atom. The van der Waals surface area contributed by atoms with Crippen LogP contribution in [0.5, 0.6) is 0 Å². The van der Waals surface area contributed by atoms with Crippen molar-refractivity contribution < 1.29 is 9.90 Å². The molecule has 1 aliphatic heterocycles. The molecule has 3 aromatic carbocycles. The van der Waals surface area contributed by atoms with E-state index in [1.807, 2.05) is 47.4 Å². The molecule has 4 rings (SSSR count). The van der Waals surface area contributed by atoms with Crippen LogP contribution in [0.2, 0.25) is 0 Å². The van der Waals surface area contributed by atoms with Crippen molar-refractivity contribution in [2.24, 2.45) is 0 Å². The van der Waals surface area contributed by atoms with Gasteiger partial charge in [-0.1, -0.05) is 48.5 Å². The van der Waals surface area contributed by atoms with Gasteiger partial charge in [0.15, 0.2) is 0 Å². The van der Waals surface area contributed by atoms with Gasteiger partial charge in [0.2, 0.25) is 5.91 Å². The number of aliphatic hydroxyl groups is 1. The largest absolute Gasteiger partial charge is 0.387 e. The molecule has 4 nitrogen and oxygen atoms in total. The van der Waals surface area contributed by atoms with E-state index in [2.05, 4.69) is 48.4 Å². The summed E-state index contributed by atoms with van der Waals surface area (Å²) in [6.45, 7) is 4.93. The van der Waals surface area contributed by atoms with Crippen LogP contribution in [0.25, 0.3) is 16.8 Å². The maximum absolute atomic E-state index is 12.5. The molecule has 0 radical (unpaired) electrons. The normalized spacial score (nSPS) is 17.0. The average molecular weight is 447 g/mol. The van der Waals surface area contributed by atoms with Gasteiger partial charge in [-0.25, -0.2) is 0 Å². The van der Waals surface area contributed by atoms with Crippen molar-refractivity contribution in [1.29, 1.82) is 0 Å². The summed E-state index contributed by atoms with van der Waals surface area (Å²) in [5.74, 6) is 0.0424. The molecule has 2 atom stereocenters. The summed E-state index contributed by atoms with van der Waals surface area (Å²) in [4.78, 5) is 17.9. The lowest BCUT2D eigenvalue weighted by molar-refractivity contribution is -0.128. The number of hydrogen-bond acceptors (Lipinski definition) is 4. The molecule has 0 aromatic heterocycles. The average Bonchev–Trinajstić information content (AvgIpc) is 2.86. The summed E-state index contributed by atoms with van der Waals surface area (Å²) in [6, 6.07) is 22.5. The monoisotopic (exact) mass is 446 g/mol. The van der Waals surface area contributed by atoms with Crippen molar-refractivity contribution in [2.45, 2.75) is 24.0 Å². The summed E-state index contributed by atoms with van der Waals surface area (Å²) < 4.78 is 0. The smallest absolute Gasteiger partial charge is 0.246 e. The Bertz CT molecular complexity index is 1090. The summed E-state index contributed by atoms with van der Waals surface area (Å²) in [7, 11) is 0. The van der Waals surface area contributed by atoms with Crippen LogP contribution < -0.4 is 0 Å². The van der Waals surface area contributed by atoms with Crippen LogP contribution in [-0.4, -0.2) is 59.3 Å². The minimum atomic E-state index is -0.570. The predicted octanol–water partition coefficient (Wildman–Crippen LogP) is 4.84. The van der Waals surface area contributed by atoms with Crippen LogP contribution in [0.15, 0.2) is 77.7 Å². The SMILES string of the molecule is CSc1ccc2cc(C(O)C(C)N3CCN(C(=O)/C=C/c4ccccc4)CC3)ccc2c1. The van der Waals surface area contributed by atoms with E-state index < -0.39 is 6.10 Å². The highest BCUT2D eigenvalue weighted by molar-refractivity contribution is 7.98. The van der Waals surface area contributed by atoms with Gasteiger partial charge in [0, 0.05) is 43.2 Å². The van der Waals surface area contributed by atoms with E-state index in [0.717, 1.165) is 29.6 Å². The van der Waals surface area contributed by atoms with Crippen LogP contribution in [0.3, 0.4) is 0 Å². The second-order valence-corrected chi connectivity index (χ2v) is 9.14. The number of fused-ring (bicyclic) bond motifs is 1. The number of carbonyl (C=O) groups is 1. The quantitative estimate of drug-likeness (QED) is 0.435. The highest BCUT2D eigenvalue weighted by atomic mass is 32.2. The molecule has 1 fully saturated rings. The van der Waals surface area contributed by atoms with Crippen molar-refractivity contribution in [2.75, 3.05) is 32.4 Å². The zero-order valence-electron chi connectivity index (χ0n) is 18.6. The summed E-state index contributed by atoms with van der Waals surface area (Å²) in [5.41, 5.74) is 1.96. The first-order valence-corrected chi connectivity index (χ1v) is 12.3. The van der Waals surface area contributed by atoms with Crippen LogP contribution in [-0.2, 0) is 4.79 Å². The highest BCUT2D eigenvalue weighted by Crippen LogP contribution is 2.28. The third-order valence-corrected chi connectivity index (χ3v) is 7.02. The number of nitrogens with zero attached hydrogens (tertiary/aromatic N) is 2. The lowest BCUT2D eigenvalue weighted by atomic mass is 9.98. The minimum Gasteiger partial charge on any atom is -0.387 e. The van der Waals surface area contributed by atoms with Gasteiger partial charge in [0.05, 0.1) is 6.10 Å². The van der Waals surface area contributed by atoms with Crippen LogP contribution >= 0.6 is 11.8 Å². The summed E-state index contributed by atoms with van der Waals surface area (Å²) in [5, 5.41) is 13.4. The maximum atomic E-state index is 12.5. The molecule has 1 saturated heterocycles. The molecule has 0 aliphatic carbocycles. The van der Waals surface area contributed by atoms with E-state index in [9.17, 15) is 9.90 Å². The highest BCUT2D eigenvalue weighted by Gasteiger charge is 2.27. The predicted molar refractivity (Wildman–Crippen MR) is 134 cm³/mol. The van der Waals surface area contributed by atoms with Gasteiger partial charge in [-0.3, -0.25) is 9.69 Å². The lowest BCUT2D eigenvalue weighted by Gasteiger charge is -2.39. The molecule has 32 heavy (non-hydrogen) atoms. The summed E-state index contributed by atoms with van der Waals surface area (Å²) in [6.07, 6.45) is 5.03. The Kier molecular flexibility index (Phi) is 7.30. The van der Waals surface area contributed by atoms with E-state index in [4.69, 9.17) is 0 Å². The molecule has 1 aliphatic rings. The van der Waals surface area contributed by atoms with Gasteiger partial charge in [-0.05, 0) is 59.4 Å². The Morgan fingerprint density at radius 3 is 2.38 bits per heavy atom. The number of hydrogen-bond donors (Lipinski definition) is 1. The second-order valence-electron chi connectivity index (χ2n) is 8.26. The first-order valence-electron chi connectivity index (χ1n) is 11.1. The zero-order chi connectivity index (χ0) is 22.5. The number of amides is 1. The molecule has 1 heterocycles. The number of carbonyl (C=O) groups excluding carboxylic acids is 1. The molecular weight excluding hydrogens is 416 g/mol. The van der Waals surface area contributed by atoms with Gasteiger partial charge >= 0.3 is 0 Å². The fourth-order valence-electron chi connectivity index (χ4n) is 4.22. The third-order valence-electron chi connectivity index (χ3n) is 6.29. The lowest BCUT2D eigenvalue weighted by Crippen LogP contribution is -2.52. The van der Waals surface area contributed by atoms with Gasteiger partial charge < -0.3 is 10.0 Å². The van der Waals surface area contributed by atoms with Crippen molar-refractivity contribution in [3.8, 4) is 0 Å². The van der Waals surface area contributed by atoms with E-state index in [1.165, 1.54) is 10.3 Å². The molecule has 5 heteroatoms. The maximum Gasteiger partial charge on any atom is 0.246 e. The van der Waals surface area contributed by atoms with E-state index in [-0.39, 0.29) is 11.9 Å². The first kappa shape index (κ1) is 22.6. The molecule has 166 valence electrons. The molecule has 0 saturated carbocycles. The van der Waals surface area contributed by atoms with E-state index in [0.29, 0.717) is 13.1 Å². The Morgan fingerprint density at radius 1 is 0.969 bits per heavy atom. The number of thioether (sulfide) groups is 1. The summed E-state index contributed by atoms with van der Waals surface area (Å²) >= 11 is 1.73. The molecule has 2 unspecified atom stereocenters. The van der Waals surface area contributed by atoms with E-state index in [1.54, 1.807) is 17.8 Å². The molecule has 0 bridgehead atoms. The van der Waals surface area contributed by atoms with Crippen molar-refractivity contribution >= 4 is 34.5 Å². The second kappa shape index (κ2) is 10.3. The van der Waals surface area contributed by atoms with Crippen LogP contribution in [0, 0.1) is 0 Å². The van der Waals surface area contributed by atoms with Gasteiger partial charge in [0.1, 0.15) is 0 Å². The number of piperazine rings is 1. The van der Waals surface area contributed by atoms with Crippen LogP contribution in [0.4, 0.5) is 0 Å². The van der Waals surface area contributed by atoms with Gasteiger partial charge in [-0.2, -0.15) is 0 Å². The van der Waals surface area contributed by atoms with Gasteiger partial charge in [0.25, 0.3) is 0 Å². The van der Waals surface area contributed by atoms with Gasteiger partial charge in [-0.15, -0.1) is 11.8 Å². The molecular formula is C27H30N2O2S.